The number of aryl methyl sites for hydroxylation is 1. The lowest BCUT2D eigenvalue weighted by atomic mass is 10.2. The number of nitrogens with zero attached hydrogens (tertiary/aromatic N) is 1. The lowest BCUT2D eigenvalue weighted by Crippen LogP contribution is -2.41. The lowest BCUT2D eigenvalue weighted by molar-refractivity contribution is -0.647. The van der Waals surface area contributed by atoms with Gasteiger partial charge in [0.25, 0.3) is 0 Å². The highest BCUT2D eigenvalue weighted by atomic mass is 32.2. The first kappa shape index (κ1) is 15.1. The third-order valence-corrected chi connectivity index (χ3v) is 3.13. The van der Waals surface area contributed by atoms with Gasteiger partial charge >= 0.3 is 0 Å². The van der Waals surface area contributed by atoms with Crippen LogP contribution in [-0.2, 0) is 10.1 Å². The van der Waals surface area contributed by atoms with Crippen LogP contribution in [0.15, 0.2) is 59.8 Å². The summed E-state index contributed by atoms with van der Waals surface area (Å²) in [6, 6.07) is 11.7. The molecule has 102 valence electrons. The van der Waals surface area contributed by atoms with E-state index in [4.69, 9.17) is 0 Å². The first-order valence-corrected chi connectivity index (χ1v) is 7.01. The summed E-state index contributed by atoms with van der Waals surface area (Å²) in [5.41, 5.74) is 3.87. The van der Waals surface area contributed by atoms with Gasteiger partial charge in [-0.15, -0.1) is 0 Å². The zero-order chi connectivity index (χ0) is 14.3. The minimum atomic E-state index is -4.27. The van der Waals surface area contributed by atoms with E-state index >= 15 is 0 Å². The molecule has 0 aliphatic carbocycles. The van der Waals surface area contributed by atoms with Crippen LogP contribution in [0.1, 0.15) is 5.56 Å². The number of hydrogen-bond acceptors (Lipinski definition) is 4. The molecule has 1 aromatic heterocycles. The van der Waals surface area contributed by atoms with Crippen molar-refractivity contribution in [2.45, 2.75) is 11.8 Å². The molecule has 5 nitrogen and oxygen atoms in total. The van der Waals surface area contributed by atoms with Crippen molar-refractivity contribution in [3.05, 3.63) is 60.4 Å². The Morgan fingerprint density at radius 3 is 1.95 bits per heavy atom. The van der Waals surface area contributed by atoms with E-state index in [1.54, 1.807) is 12.1 Å². The summed E-state index contributed by atoms with van der Waals surface area (Å²) in [4.78, 5) is -0.178. The molecule has 2 rings (SSSR count). The summed E-state index contributed by atoms with van der Waals surface area (Å²) in [5.74, 6) is 0. The Kier molecular flexibility index (Phi) is 5.47. The van der Waals surface area contributed by atoms with Crippen molar-refractivity contribution in [3.63, 3.8) is 0 Å². The van der Waals surface area contributed by atoms with Gasteiger partial charge in [-0.05, 0) is 19.1 Å². The summed E-state index contributed by atoms with van der Waals surface area (Å²) < 4.78 is 33.0. The molecule has 0 saturated carbocycles. The number of aromatic nitrogens is 1. The molecule has 1 aromatic carbocycles. The third-order valence-electron chi connectivity index (χ3n) is 2.28. The Bertz CT molecular complexity index is 596. The van der Waals surface area contributed by atoms with Gasteiger partial charge in [-0.3, -0.25) is 0 Å². The zero-order valence-electron chi connectivity index (χ0n) is 10.8. The molecular formula is C13H16N2O3S. The van der Waals surface area contributed by atoms with Crippen molar-refractivity contribution in [3.8, 4) is 0 Å². The van der Waals surface area contributed by atoms with Gasteiger partial charge in [-0.25, -0.2) is 8.42 Å². The molecule has 0 saturated heterocycles. The normalized spacial score (nSPS) is 10.3. The van der Waals surface area contributed by atoms with Crippen molar-refractivity contribution < 1.29 is 17.6 Å². The maximum absolute atomic E-state index is 10.4. The molecule has 0 amide bonds. The lowest BCUT2D eigenvalue weighted by Gasteiger charge is -2.05. The van der Waals surface area contributed by atoms with E-state index in [0.717, 1.165) is 5.56 Å². The molecular weight excluding hydrogens is 264 g/mol. The molecule has 0 aliphatic heterocycles. The minimum Gasteiger partial charge on any atom is -0.744 e. The molecule has 0 radical (unpaired) electrons. The monoisotopic (exact) mass is 280 g/mol. The van der Waals surface area contributed by atoms with Gasteiger partial charge in [0.05, 0.1) is 11.9 Å². The first-order chi connectivity index (χ1) is 8.93. The topological polar surface area (TPSA) is 73.1 Å². The zero-order valence-corrected chi connectivity index (χ0v) is 11.6. The van der Waals surface area contributed by atoms with Gasteiger partial charge in [0.1, 0.15) is 10.1 Å². The number of benzene rings is 1. The predicted octanol–water partition coefficient (Wildman–Crippen LogP) is 1.05. The van der Waals surface area contributed by atoms with E-state index in [1.165, 1.54) is 12.1 Å². The second-order valence-electron chi connectivity index (χ2n) is 3.77. The smallest absolute Gasteiger partial charge is 0.199 e. The van der Waals surface area contributed by atoms with E-state index in [-0.39, 0.29) is 4.90 Å². The molecule has 0 bridgehead atoms. The van der Waals surface area contributed by atoms with Crippen LogP contribution in [0.4, 0.5) is 0 Å². The van der Waals surface area contributed by atoms with Gasteiger partial charge in [0.15, 0.2) is 12.4 Å². The maximum atomic E-state index is 10.4. The van der Waals surface area contributed by atoms with Crippen LogP contribution in [-0.4, -0.2) is 20.0 Å². The van der Waals surface area contributed by atoms with E-state index in [9.17, 15) is 13.0 Å². The maximum Gasteiger partial charge on any atom is 0.199 e. The van der Waals surface area contributed by atoms with Crippen LogP contribution in [0, 0.1) is 6.92 Å². The SMILES string of the molecule is CN[n+]1ccccc1.Cc1ccc(S(=O)(=O)[O-])cc1. The fourth-order valence-corrected chi connectivity index (χ4v) is 1.72. The van der Waals surface area contributed by atoms with Crippen molar-refractivity contribution in [1.29, 1.82) is 0 Å². The standard InChI is InChI=1S/C7H8O3S.C6H9N2/c1-6-2-4-7(5-3-6)11(8,9)10;1-7-8-5-3-2-4-6-8/h2-5H,1H3,(H,8,9,10);2-7H,1H3/q;+1/p-1. The molecule has 1 N–H and O–H groups in total. The molecule has 6 heteroatoms. The molecule has 19 heavy (non-hydrogen) atoms. The number of nitrogens with one attached hydrogen (secondary N) is 1. The first-order valence-electron chi connectivity index (χ1n) is 5.60. The summed E-state index contributed by atoms with van der Waals surface area (Å²) >= 11 is 0. The fourth-order valence-electron chi connectivity index (χ4n) is 1.25. The van der Waals surface area contributed by atoms with Crippen LogP contribution in [0.5, 0.6) is 0 Å². The molecule has 0 aliphatic rings. The Hall–Kier alpha value is -1.92. The summed E-state index contributed by atoms with van der Waals surface area (Å²) in [5, 5.41) is 0. The average Bonchev–Trinajstić information content (AvgIpc) is 2.40. The van der Waals surface area contributed by atoms with Crippen molar-refractivity contribution in [1.82, 2.24) is 0 Å². The highest BCUT2D eigenvalue weighted by molar-refractivity contribution is 7.85. The van der Waals surface area contributed by atoms with E-state index < -0.39 is 10.1 Å². The Morgan fingerprint density at radius 1 is 1.05 bits per heavy atom. The van der Waals surface area contributed by atoms with Crippen LogP contribution < -0.4 is 10.1 Å². The van der Waals surface area contributed by atoms with Crippen molar-refractivity contribution in [2.75, 3.05) is 12.5 Å². The third kappa shape index (κ3) is 5.50. The molecule has 0 unspecified atom stereocenters. The molecule has 0 fully saturated rings. The summed E-state index contributed by atoms with van der Waals surface area (Å²) in [6.45, 7) is 1.82. The molecule has 2 aromatic rings. The highest BCUT2D eigenvalue weighted by Gasteiger charge is 1.97. The van der Waals surface area contributed by atoms with Crippen LogP contribution in [0.25, 0.3) is 0 Å². The van der Waals surface area contributed by atoms with Crippen molar-refractivity contribution in [2.24, 2.45) is 0 Å². The Morgan fingerprint density at radius 2 is 1.58 bits per heavy atom. The van der Waals surface area contributed by atoms with Crippen LogP contribution in [0.2, 0.25) is 0 Å². The average molecular weight is 280 g/mol. The van der Waals surface area contributed by atoms with Crippen LogP contribution >= 0.6 is 0 Å². The van der Waals surface area contributed by atoms with E-state index in [0.29, 0.717) is 0 Å². The second kappa shape index (κ2) is 6.86. The molecule has 0 atom stereocenters. The number of rotatable bonds is 2. The van der Waals surface area contributed by atoms with Gasteiger partial charge < -0.3 is 4.55 Å². The number of hydrogen-bond donors (Lipinski definition) is 1. The summed E-state index contributed by atoms with van der Waals surface area (Å²) in [7, 11) is -2.39. The Labute approximate surface area is 113 Å². The van der Waals surface area contributed by atoms with Gasteiger partial charge in [0, 0.05) is 12.1 Å². The van der Waals surface area contributed by atoms with Crippen LogP contribution in [0.3, 0.4) is 0 Å². The summed E-state index contributed by atoms with van der Waals surface area (Å²) in [6.07, 6.45) is 3.89. The quantitative estimate of drug-likeness (QED) is 0.659. The van der Waals surface area contributed by atoms with E-state index in [1.807, 2.05) is 49.2 Å². The van der Waals surface area contributed by atoms with Gasteiger partial charge in [0.2, 0.25) is 0 Å². The highest BCUT2D eigenvalue weighted by Crippen LogP contribution is 2.08. The van der Waals surface area contributed by atoms with Gasteiger partial charge in [-0.2, -0.15) is 5.43 Å². The van der Waals surface area contributed by atoms with E-state index in [2.05, 4.69) is 5.43 Å². The molecule has 1 heterocycles. The molecule has 0 spiro atoms. The predicted molar refractivity (Wildman–Crippen MR) is 71.1 cm³/mol. The van der Waals surface area contributed by atoms with Gasteiger partial charge in [-0.1, -0.05) is 28.4 Å². The Balaban J connectivity index is 0.000000200. The van der Waals surface area contributed by atoms with Crippen molar-refractivity contribution >= 4 is 10.1 Å². The minimum absolute atomic E-state index is 0.178. The number of pyridine rings is 1. The largest absolute Gasteiger partial charge is 0.744 e. The second-order valence-corrected chi connectivity index (χ2v) is 5.15. The fraction of sp³-hybridized carbons (Fsp3) is 0.154.